The maximum atomic E-state index is 13.7. The normalized spacial score (nSPS) is 14.4. The van der Waals surface area contributed by atoms with E-state index in [0.717, 1.165) is 29.9 Å². The molecule has 0 bridgehead atoms. The monoisotopic (exact) mass is 438 g/mol. The third-order valence-electron chi connectivity index (χ3n) is 4.59. The van der Waals surface area contributed by atoms with Crippen LogP contribution in [0.4, 0.5) is 14.5 Å². The van der Waals surface area contributed by atoms with Crippen LogP contribution in [0.3, 0.4) is 0 Å². The van der Waals surface area contributed by atoms with Crippen LogP contribution in [-0.2, 0) is 16.4 Å². The lowest BCUT2D eigenvalue weighted by molar-refractivity contribution is -0.117. The van der Waals surface area contributed by atoms with E-state index < -0.39 is 30.6 Å². The Morgan fingerprint density at radius 1 is 1.28 bits per heavy atom. The van der Waals surface area contributed by atoms with Crippen LogP contribution in [0.25, 0.3) is 10.9 Å². The van der Waals surface area contributed by atoms with Crippen molar-refractivity contribution in [3.8, 4) is 0 Å². The summed E-state index contributed by atoms with van der Waals surface area (Å²) in [5, 5.41) is 0.949. The van der Waals surface area contributed by atoms with Crippen LogP contribution in [0.5, 0.6) is 0 Å². The minimum atomic E-state index is -4.03. The smallest absolute Gasteiger partial charge is 0.248 e. The molecule has 1 aromatic heterocycles. The summed E-state index contributed by atoms with van der Waals surface area (Å²) in [7, 11) is -2.30. The van der Waals surface area contributed by atoms with Gasteiger partial charge in [-0.2, -0.15) is 0 Å². The summed E-state index contributed by atoms with van der Waals surface area (Å²) in [6.45, 7) is 4.62. The van der Waals surface area contributed by atoms with Gasteiger partial charge in [0.2, 0.25) is 13.3 Å². The summed E-state index contributed by atoms with van der Waals surface area (Å²) in [5.41, 5.74) is -0.456. The van der Waals surface area contributed by atoms with Crippen molar-refractivity contribution in [1.29, 1.82) is 0 Å². The molecule has 1 amide bonds. The van der Waals surface area contributed by atoms with Gasteiger partial charge in [-0.15, -0.1) is 0 Å². The second kappa shape index (κ2) is 7.75. The van der Waals surface area contributed by atoms with Crippen molar-refractivity contribution in [2.45, 2.75) is 5.66 Å². The van der Waals surface area contributed by atoms with Crippen molar-refractivity contribution in [3.05, 3.63) is 77.6 Å². The molecule has 0 saturated heterocycles. The van der Waals surface area contributed by atoms with Crippen LogP contribution in [-0.4, -0.2) is 22.0 Å². The standard InChI is InChI=1S/C20H18ClF2N2O3P/c1-4-25(13-6-7-16(22)17(23)10-13)20(26)19(29(3,27)28)15-11-24(2)18-8-5-12(21)9-14(15)18/h4-11,19H,1H2,2-3H3,(H,27,28). The quantitative estimate of drug-likeness (QED) is 0.555. The Labute approximate surface area is 171 Å². The molecule has 5 nitrogen and oxygen atoms in total. The number of carbonyl (C=O) groups is 1. The molecule has 0 spiro atoms. The van der Waals surface area contributed by atoms with Crippen LogP contribution >= 0.6 is 19.0 Å². The maximum Gasteiger partial charge on any atom is 0.248 e. The molecule has 1 N–H and O–H groups in total. The minimum absolute atomic E-state index is 0.0133. The average Bonchev–Trinajstić information content (AvgIpc) is 2.93. The van der Waals surface area contributed by atoms with Gasteiger partial charge in [-0.05, 0) is 35.9 Å². The van der Waals surface area contributed by atoms with E-state index >= 15 is 0 Å². The molecule has 1 heterocycles. The van der Waals surface area contributed by atoms with E-state index in [-0.39, 0.29) is 5.69 Å². The Kier molecular flexibility index (Phi) is 5.68. The number of fused-ring (bicyclic) bond motifs is 1. The van der Waals surface area contributed by atoms with Crippen molar-refractivity contribution in [3.63, 3.8) is 0 Å². The van der Waals surface area contributed by atoms with Gasteiger partial charge in [0.1, 0.15) is 5.66 Å². The molecule has 0 radical (unpaired) electrons. The lowest BCUT2D eigenvalue weighted by Crippen LogP contribution is -2.30. The Hall–Kier alpha value is -2.47. The maximum absolute atomic E-state index is 13.7. The summed E-state index contributed by atoms with van der Waals surface area (Å²) in [4.78, 5) is 24.7. The fourth-order valence-electron chi connectivity index (χ4n) is 3.30. The highest BCUT2D eigenvalue weighted by Gasteiger charge is 2.39. The summed E-state index contributed by atoms with van der Waals surface area (Å²) in [5.74, 6) is -3.03. The molecule has 2 unspecified atom stereocenters. The number of amides is 1. The van der Waals surface area contributed by atoms with Gasteiger partial charge in [-0.1, -0.05) is 18.2 Å². The Morgan fingerprint density at radius 3 is 2.55 bits per heavy atom. The molecule has 3 rings (SSSR count). The zero-order valence-electron chi connectivity index (χ0n) is 15.6. The molecular formula is C20H18ClF2N2O3P. The first kappa shape index (κ1) is 21.2. The number of nitrogens with zero attached hydrogens (tertiary/aromatic N) is 2. The minimum Gasteiger partial charge on any atom is -0.350 e. The Balaban J connectivity index is 2.18. The number of anilines is 1. The van der Waals surface area contributed by atoms with Crippen LogP contribution in [0.15, 0.2) is 55.4 Å². The fourth-order valence-corrected chi connectivity index (χ4v) is 4.73. The van der Waals surface area contributed by atoms with Crippen LogP contribution in [0.2, 0.25) is 5.02 Å². The van der Waals surface area contributed by atoms with Gasteiger partial charge in [0.25, 0.3) is 0 Å². The van der Waals surface area contributed by atoms with E-state index in [9.17, 15) is 23.0 Å². The Bertz CT molecular complexity index is 1170. The van der Waals surface area contributed by atoms with E-state index in [1.165, 1.54) is 6.07 Å². The molecule has 0 aliphatic heterocycles. The van der Waals surface area contributed by atoms with E-state index in [1.807, 2.05) is 0 Å². The van der Waals surface area contributed by atoms with Gasteiger partial charge < -0.3 is 9.46 Å². The van der Waals surface area contributed by atoms with Gasteiger partial charge in [-0.25, -0.2) is 8.78 Å². The molecule has 2 atom stereocenters. The molecule has 29 heavy (non-hydrogen) atoms. The predicted octanol–water partition coefficient (Wildman–Crippen LogP) is 5.23. The van der Waals surface area contributed by atoms with Crippen molar-refractivity contribution in [1.82, 2.24) is 4.57 Å². The predicted molar refractivity (Wildman–Crippen MR) is 110 cm³/mol. The van der Waals surface area contributed by atoms with E-state index in [0.29, 0.717) is 21.5 Å². The number of aromatic nitrogens is 1. The second-order valence-electron chi connectivity index (χ2n) is 6.69. The summed E-state index contributed by atoms with van der Waals surface area (Å²) < 4.78 is 41.5. The summed E-state index contributed by atoms with van der Waals surface area (Å²) >= 11 is 6.09. The van der Waals surface area contributed by atoms with E-state index in [4.69, 9.17) is 11.6 Å². The molecule has 152 valence electrons. The summed E-state index contributed by atoms with van der Waals surface area (Å²) in [6, 6.07) is 7.90. The van der Waals surface area contributed by atoms with E-state index in [1.54, 1.807) is 36.0 Å². The van der Waals surface area contributed by atoms with E-state index in [2.05, 4.69) is 6.58 Å². The lowest BCUT2D eigenvalue weighted by Gasteiger charge is -2.26. The molecule has 0 fully saturated rings. The van der Waals surface area contributed by atoms with Crippen molar-refractivity contribution >= 4 is 41.5 Å². The fraction of sp³-hybridized carbons (Fsp3) is 0.150. The molecule has 0 aliphatic carbocycles. The zero-order valence-corrected chi connectivity index (χ0v) is 17.3. The number of aryl methyl sites for hydroxylation is 1. The van der Waals surface area contributed by atoms with Gasteiger partial charge in [0.15, 0.2) is 11.6 Å². The van der Waals surface area contributed by atoms with Crippen molar-refractivity contribution in [2.24, 2.45) is 7.05 Å². The number of rotatable bonds is 5. The number of halogens is 3. The lowest BCUT2D eigenvalue weighted by atomic mass is 10.1. The highest BCUT2D eigenvalue weighted by Crippen LogP contribution is 2.55. The molecule has 0 saturated carbocycles. The van der Waals surface area contributed by atoms with Gasteiger partial charge >= 0.3 is 0 Å². The van der Waals surface area contributed by atoms with Crippen LogP contribution < -0.4 is 4.90 Å². The molecule has 0 aliphatic rings. The van der Waals surface area contributed by atoms with Crippen molar-refractivity contribution < 1.29 is 23.0 Å². The highest BCUT2D eigenvalue weighted by atomic mass is 35.5. The number of hydrogen-bond acceptors (Lipinski definition) is 2. The van der Waals surface area contributed by atoms with Gasteiger partial charge in [0, 0.05) is 48.1 Å². The third kappa shape index (κ3) is 3.99. The molecule has 2 aromatic carbocycles. The molecule has 9 heteroatoms. The topological polar surface area (TPSA) is 62.5 Å². The first-order valence-corrected chi connectivity index (χ1v) is 11.0. The van der Waals surface area contributed by atoms with Gasteiger partial charge in [-0.3, -0.25) is 14.3 Å². The number of hydrogen-bond donors (Lipinski definition) is 1. The zero-order chi connectivity index (χ0) is 21.5. The highest BCUT2D eigenvalue weighted by molar-refractivity contribution is 7.58. The van der Waals surface area contributed by atoms with Crippen LogP contribution in [0.1, 0.15) is 11.2 Å². The largest absolute Gasteiger partial charge is 0.350 e. The Morgan fingerprint density at radius 2 is 1.97 bits per heavy atom. The first-order chi connectivity index (χ1) is 13.5. The first-order valence-electron chi connectivity index (χ1n) is 8.49. The number of carbonyl (C=O) groups excluding carboxylic acids is 1. The van der Waals surface area contributed by atoms with Crippen LogP contribution in [0, 0.1) is 11.6 Å². The molecular weight excluding hydrogens is 421 g/mol. The second-order valence-corrected chi connectivity index (χ2v) is 9.53. The third-order valence-corrected chi connectivity index (χ3v) is 6.28. The summed E-state index contributed by atoms with van der Waals surface area (Å²) in [6.07, 6.45) is 2.68. The van der Waals surface area contributed by atoms with Crippen molar-refractivity contribution in [2.75, 3.05) is 11.6 Å². The SMILES string of the molecule is C=CN(C(=O)C(c1cn(C)c2ccc(Cl)cc12)P(C)(=O)O)c1ccc(F)c(F)c1. The average molecular weight is 439 g/mol. The number of benzene rings is 2. The molecule has 3 aromatic rings. The van der Waals surface area contributed by atoms with Gasteiger partial charge in [0.05, 0.1) is 5.69 Å².